The average molecular weight is 357 g/mol. The van der Waals surface area contributed by atoms with Gasteiger partial charge < -0.3 is 4.74 Å². The van der Waals surface area contributed by atoms with E-state index in [9.17, 15) is 0 Å². The number of fused-ring (bicyclic) bond motifs is 1. The third-order valence-corrected chi connectivity index (χ3v) is 6.95. The van der Waals surface area contributed by atoms with Crippen molar-refractivity contribution in [3.63, 3.8) is 0 Å². The molecule has 0 spiro atoms. The maximum atomic E-state index is 5.98. The first-order chi connectivity index (χ1) is 12.0. The molecule has 2 aliphatic rings. The highest BCUT2D eigenvalue weighted by atomic mass is 16.5. The molecule has 4 atom stereocenters. The topological polar surface area (TPSA) is 9.23 Å². The van der Waals surface area contributed by atoms with Crippen molar-refractivity contribution < 1.29 is 4.74 Å². The summed E-state index contributed by atoms with van der Waals surface area (Å²) in [4.78, 5) is 0. The predicted octanol–water partition coefficient (Wildman–Crippen LogP) is 7.22. The minimum Gasteiger partial charge on any atom is -0.496 e. The fraction of sp³-hybridized carbons (Fsp3) is 0.760. The second-order valence-electron chi connectivity index (χ2n) is 11.2. The van der Waals surface area contributed by atoms with E-state index in [0.717, 1.165) is 29.4 Å². The smallest absolute Gasteiger partial charge is 0.126 e. The molecule has 1 aromatic rings. The second-order valence-corrected chi connectivity index (χ2v) is 11.2. The highest BCUT2D eigenvalue weighted by Crippen LogP contribution is 2.53. The van der Waals surface area contributed by atoms with Crippen molar-refractivity contribution in [3.05, 3.63) is 28.8 Å². The SMILES string of the molecule is COc1c(C(C)(C)C)cc(C2CCCC3CC(C)CC32)cc1C(C)(C)C. The lowest BCUT2D eigenvalue weighted by atomic mass is 9.69. The predicted molar refractivity (Wildman–Crippen MR) is 112 cm³/mol. The first-order valence-electron chi connectivity index (χ1n) is 10.7. The molecule has 2 fully saturated rings. The zero-order chi connectivity index (χ0) is 19.3. The molecular formula is C25H40O. The van der Waals surface area contributed by atoms with Gasteiger partial charge in [0.25, 0.3) is 0 Å². The fourth-order valence-corrected chi connectivity index (χ4v) is 5.70. The minimum absolute atomic E-state index is 0.0956. The van der Waals surface area contributed by atoms with Crippen LogP contribution in [0.2, 0.25) is 0 Å². The molecule has 0 amide bonds. The van der Waals surface area contributed by atoms with E-state index >= 15 is 0 Å². The van der Waals surface area contributed by atoms with Crippen molar-refractivity contribution >= 4 is 0 Å². The van der Waals surface area contributed by atoms with E-state index in [0.29, 0.717) is 0 Å². The number of benzene rings is 1. The van der Waals surface area contributed by atoms with Crippen LogP contribution >= 0.6 is 0 Å². The molecule has 4 unspecified atom stereocenters. The molecule has 3 rings (SSSR count). The van der Waals surface area contributed by atoms with Gasteiger partial charge in [-0.15, -0.1) is 0 Å². The molecule has 0 N–H and O–H groups in total. The summed E-state index contributed by atoms with van der Waals surface area (Å²) >= 11 is 0. The van der Waals surface area contributed by atoms with Gasteiger partial charge in [0, 0.05) is 11.1 Å². The van der Waals surface area contributed by atoms with Crippen molar-refractivity contribution in [3.8, 4) is 5.75 Å². The zero-order valence-electron chi connectivity index (χ0n) is 18.4. The summed E-state index contributed by atoms with van der Waals surface area (Å²) in [5, 5.41) is 0. The Balaban J connectivity index is 2.12. The van der Waals surface area contributed by atoms with Gasteiger partial charge in [-0.2, -0.15) is 0 Å². The van der Waals surface area contributed by atoms with Gasteiger partial charge in [0.05, 0.1) is 7.11 Å². The van der Waals surface area contributed by atoms with Gasteiger partial charge in [-0.05, 0) is 59.3 Å². The van der Waals surface area contributed by atoms with E-state index in [-0.39, 0.29) is 10.8 Å². The van der Waals surface area contributed by atoms with E-state index in [1.54, 1.807) is 5.56 Å². The Morgan fingerprint density at radius 3 is 1.96 bits per heavy atom. The zero-order valence-corrected chi connectivity index (χ0v) is 18.4. The summed E-state index contributed by atoms with van der Waals surface area (Å²) in [7, 11) is 1.84. The lowest BCUT2D eigenvalue weighted by Crippen LogP contribution is -2.25. The molecule has 1 heteroatoms. The minimum atomic E-state index is 0.0956. The lowest BCUT2D eigenvalue weighted by molar-refractivity contribution is 0.237. The van der Waals surface area contributed by atoms with Crippen LogP contribution in [0.1, 0.15) is 103 Å². The largest absolute Gasteiger partial charge is 0.496 e. The molecule has 0 aliphatic heterocycles. The summed E-state index contributed by atoms with van der Waals surface area (Å²) < 4.78 is 5.98. The maximum Gasteiger partial charge on any atom is 0.126 e. The molecule has 1 aromatic carbocycles. The van der Waals surface area contributed by atoms with Crippen LogP contribution in [0.3, 0.4) is 0 Å². The van der Waals surface area contributed by atoms with Gasteiger partial charge in [-0.3, -0.25) is 0 Å². The number of ether oxygens (including phenoxy) is 1. The third kappa shape index (κ3) is 3.69. The van der Waals surface area contributed by atoms with Crippen LogP contribution in [0.15, 0.2) is 12.1 Å². The summed E-state index contributed by atoms with van der Waals surface area (Å²) in [5.74, 6) is 4.62. The van der Waals surface area contributed by atoms with Gasteiger partial charge >= 0.3 is 0 Å². The quantitative estimate of drug-likeness (QED) is 0.543. The molecule has 2 aliphatic carbocycles. The van der Waals surface area contributed by atoms with Crippen molar-refractivity contribution in [1.82, 2.24) is 0 Å². The van der Waals surface area contributed by atoms with Gasteiger partial charge in [-0.25, -0.2) is 0 Å². The Bertz CT molecular complexity index is 608. The van der Waals surface area contributed by atoms with Gasteiger partial charge in [0.15, 0.2) is 0 Å². The van der Waals surface area contributed by atoms with Gasteiger partial charge in [-0.1, -0.05) is 73.4 Å². The molecule has 0 aromatic heterocycles. The van der Waals surface area contributed by atoms with Crippen LogP contribution in [0.5, 0.6) is 5.75 Å². The molecule has 1 nitrogen and oxygen atoms in total. The Labute approximate surface area is 161 Å². The maximum absolute atomic E-state index is 5.98. The van der Waals surface area contributed by atoms with E-state index in [2.05, 4.69) is 60.6 Å². The number of methoxy groups -OCH3 is 1. The van der Waals surface area contributed by atoms with E-state index in [1.807, 2.05) is 7.11 Å². The van der Waals surface area contributed by atoms with Crippen molar-refractivity contribution in [2.24, 2.45) is 17.8 Å². The molecule has 146 valence electrons. The Morgan fingerprint density at radius 2 is 1.46 bits per heavy atom. The highest BCUT2D eigenvalue weighted by Gasteiger charge is 2.41. The standard InChI is InChI=1S/C25H40O/c1-16-12-17-10-9-11-19(20(17)13-16)18-14-21(24(2,3)4)23(26-8)22(15-18)25(5,6)7/h14-17,19-20H,9-13H2,1-8H3. The van der Waals surface area contributed by atoms with E-state index < -0.39 is 0 Å². The average Bonchev–Trinajstić information content (AvgIpc) is 2.91. The van der Waals surface area contributed by atoms with Crippen molar-refractivity contribution in [1.29, 1.82) is 0 Å². The Kier molecular flexibility index (Phi) is 5.23. The second kappa shape index (κ2) is 6.88. The van der Waals surface area contributed by atoms with Crippen molar-refractivity contribution in [2.75, 3.05) is 7.11 Å². The van der Waals surface area contributed by atoms with Gasteiger partial charge in [0.1, 0.15) is 5.75 Å². The number of hydrogen-bond acceptors (Lipinski definition) is 1. The Morgan fingerprint density at radius 1 is 0.885 bits per heavy atom. The van der Waals surface area contributed by atoms with Crippen LogP contribution in [-0.2, 0) is 10.8 Å². The first-order valence-corrected chi connectivity index (χ1v) is 10.7. The van der Waals surface area contributed by atoms with Crippen LogP contribution in [-0.4, -0.2) is 7.11 Å². The first kappa shape index (κ1) is 19.8. The molecule has 0 radical (unpaired) electrons. The third-order valence-electron chi connectivity index (χ3n) is 6.95. The molecule has 0 heterocycles. The lowest BCUT2D eigenvalue weighted by Gasteiger charge is -2.37. The molecule has 0 saturated heterocycles. The van der Waals surface area contributed by atoms with E-state index in [1.165, 1.54) is 43.2 Å². The Hall–Kier alpha value is -0.980. The summed E-state index contributed by atoms with van der Waals surface area (Å²) in [6.45, 7) is 16.4. The monoisotopic (exact) mass is 356 g/mol. The van der Waals surface area contributed by atoms with Crippen molar-refractivity contribution in [2.45, 2.75) is 97.3 Å². The molecule has 2 saturated carbocycles. The molecule has 26 heavy (non-hydrogen) atoms. The molecule has 0 bridgehead atoms. The summed E-state index contributed by atoms with van der Waals surface area (Å²) in [6, 6.07) is 5.01. The fourth-order valence-electron chi connectivity index (χ4n) is 5.70. The highest BCUT2D eigenvalue weighted by molar-refractivity contribution is 5.51. The van der Waals surface area contributed by atoms with Crippen LogP contribution in [0.25, 0.3) is 0 Å². The van der Waals surface area contributed by atoms with Crippen LogP contribution < -0.4 is 4.74 Å². The number of rotatable bonds is 2. The normalized spacial score (nSPS) is 29.5. The van der Waals surface area contributed by atoms with E-state index in [4.69, 9.17) is 4.74 Å². The van der Waals surface area contributed by atoms with Crippen LogP contribution in [0.4, 0.5) is 0 Å². The number of hydrogen-bond donors (Lipinski definition) is 0. The summed E-state index contributed by atoms with van der Waals surface area (Å²) in [5.41, 5.74) is 4.55. The summed E-state index contributed by atoms with van der Waals surface area (Å²) in [6.07, 6.45) is 7.11. The molecular weight excluding hydrogens is 316 g/mol. The van der Waals surface area contributed by atoms with Crippen LogP contribution in [0, 0.1) is 17.8 Å². The van der Waals surface area contributed by atoms with Gasteiger partial charge in [0.2, 0.25) is 0 Å².